The summed E-state index contributed by atoms with van der Waals surface area (Å²) in [4.78, 5) is 57.9. The Morgan fingerprint density at radius 3 is 2.21 bits per heavy atom. The van der Waals surface area contributed by atoms with Crippen molar-refractivity contribution < 1.29 is 48.1 Å². The number of nitrogens with zero attached hydrogens (tertiary/aromatic N) is 1. The van der Waals surface area contributed by atoms with E-state index in [0.29, 0.717) is 16.8 Å². The van der Waals surface area contributed by atoms with Crippen LogP contribution in [0, 0.1) is 5.41 Å². The number of rotatable bonds is 15. The molecule has 34 heavy (non-hydrogen) atoms. The highest BCUT2D eigenvalue weighted by Crippen LogP contribution is 2.22. The number of amides is 2. The number of hydrogen-bond donors (Lipinski definition) is 4. The number of aliphatic carboxylic acids is 1. The van der Waals surface area contributed by atoms with Crippen LogP contribution >= 0.6 is 11.8 Å². The van der Waals surface area contributed by atoms with Crippen LogP contribution < -0.4 is 10.6 Å². The van der Waals surface area contributed by atoms with Crippen molar-refractivity contribution in [3.63, 3.8) is 0 Å². The fourth-order valence-electron chi connectivity index (χ4n) is 2.67. The van der Waals surface area contributed by atoms with Crippen molar-refractivity contribution >= 4 is 40.8 Å². The van der Waals surface area contributed by atoms with E-state index in [2.05, 4.69) is 10.6 Å². The Morgan fingerprint density at radius 1 is 1.06 bits per heavy atom. The van der Waals surface area contributed by atoms with Crippen molar-refractivity contribution in [1.82, 2.24) is 10.6 Å². The Bertz CT molecular complexity index is 723. The van der Waals surface area contributed by atoms with Gasteiger partial charge in [-0.25, -0.2) is 4.79 Å². The third-order valence-corrected chi connectivity index (χ3v) is 5.16. The number of carboxylic acids is 1. The summed E-state index contributed by atoms with van der Waals surface area (Å²) in [5.41, 5.74) is -1.18. The first-order valence-electron chi connectivity index (χ1n) is 10.7. The van der Waals surface area contributed by atoms with E-state index in [1.807, 2.05) is 21.1 Å². The minimum atomic E-state index is -1.55. The summed E-state index contributed by atoms with van der Waals surface area (Å²) in [6.45, 7) is 4.64. The Labute approximate surface area is 204 Å². The number of likely N-dealkylation sites (N-methyl/N-ethyl adjacent to an activating group) is 1. The molecule has 0 aliphatic carbocycles. The van der Waals surface area contributed by atoms with Gasteiger partial charge in [0.25, 0.3) is 0 Å². The lowest BCUT2D eigenvalue weighted by molar-refractivity contribution is -0.873. The molecule has 0 spiro atoms. The second-order valence-corrected chi connectivity index (χ2v) is 10.7. The van der Waals surface area contributed by atoms with E-state index in [0.717, 1.165) is 11.8 Å². The molecule has 0 radical (unpaired) electrons. The molecule has 0 fully saturated rings. The number of quaternary nitrogens is 1. The molecule has 13 heteroatoms. The van der Waals surface area contributed by atoms with Crippen molar-refractivity contribution in [2.24, 2.45) is 5.41 Å². The lowest BCUT2D eigenvalue weighted by Gasteiger charge is -2.30. The number of aliphatic hydroxyl groups excluding tert-OH is 1. The number of carbonyl (C=O) groups is 5. The fourth-order valence-corrected chi connectivity index (χ4v) is 3.16. The van der Waals surface area contributed by atoms with Crippen LogP contribution in [0.15, 0.2) is 0 Å². The smallest absolute Gasteiger partial charge is 0.481 e. The van der Waals surface area contributed by atoms with Crippen molar-refractivity contribution in [2.75, 3.05) is 53.1 Å². The van der Waals surface area contributed by atoms with Crippen molar-refractivity contribution in [2.45, 2.75) is 45.8 Å². The maximum Gasteiger partial charge on any atom is 0.508 e. The summed E-state index contributed by atoms with van der Waals surface area (Å²) in [6.07, 6.45) is -3.95. The van der Waals surface area contributed by atoms with E-state index in [4.69, 9.17) is 14.6 Å². The van der Waals surface area contributed by atoms with Gasteiger partial charge in [0.15, 0.2) is 11.2 Å². The van der Waals surface area contributed by atoms with Gasteiger partial charge in [-0.15, -0.1) is 0 Å². The molecular formula is C21H38N3O9S+. The van der Waals surface area contributed by atoms with Gasteiger partial charge >= 0.3 is 12.1 Å². The van der Waals surface area contributed by atoms with Gasteiger partial charge in [0.2, 0.25) is 11.8 Å². The van der Waals surface area contributed by atoms with Crippen LogP contribution in [0.2, 0.25) is 0 Å². The normalized spacial score (nSPS) is 13.4. The zero-order chi connectivity index (χ0) is 26.5. The van der Waals surface area contributed by atoms with Gasteiger partial charge in [0.05, 0.1) is 27.6 Å². The molecule has 0 aromatic rings. The number of ether oxygens (including phenoxy) is 2. The Kier molecular flexibility index (Phi) is 13.8. The summed E-state index contributed by atoms with van der Waals surface area (Å²) < 4.78 is 10.5. The second kappa shape index (κ2) is 14.8. The predicted molar refractivity (Wildman–Crippen MR) is 125 cm³/mol. The molecule has 0 aliphatic heterocycles. The third kappa shape index (κ3) is 15.5. The van der Waals surface area contributed by atoms with Crippen LogP contribution in [-0.4, -0.2) is 109 Å². The first kappa shape index (κ1) is 31.6. The molecular weight excluding hydrogens is 470 g/mol. The molecule has 0 bridgehead atoms. The average molecular weight is 509 g/mol. The fraction of sp³-hybridized carbons (Fsp3) is 0.762. The number of carbonyl (C=O) groups excluding carboxylic acids is 4. The lowest BCUT2D eigenvalue weighted by Crippen LogP contribution is -2.47. The van der Waals surface area contributed by atoms with Gasteiger partial charge in [0, 0.05) is 37.6 Å². The molecule has 196 valence electrons. The zero-order valence-electron chi connectivity index (χ0n) is 20.7. The maximum absolute atomic E-state index is 12.2. The summed E-state index contributed by atoms with van der Waals surface area (Å²) in [7, 11) is 5.46. The minimum absolute atomic E-state index is 0.0102. The minimum Gasteiger partial charge on any atom is -0.481 e. The number of carboxylic acid groups (broad SMARTS) is 1. The van der Waals surface area contributed by atoms with E-state index in [1.165, 1.54) is 20.8 Å². The summed E-state index contributed by atoms with van der Waals surface area (Å²) >= 11 is 1.09. The van der Waals surface area contributed by atoms with Crippen LogP contribution in [0.4, 0.5) is 4.79 Å². The second-order valence-electron chi connectivity index (χ2n) is 9.47. The molecule has 0 saturated heterocycles. The monoisotopic (exact) mass is 508 g/mol. The van der Waals surface area contributed by atoms with Crippen LogP contribution in [0.1, 0.15) is 33.6 Å². The maximum atomic E-state index is 12.2. The lowest BCUT2D eigenvalue weighted by atomic mass is 9.87. The Morgan fingerprint density at radius 2 is 1.68 bits per heavy atom. The molecule has 2 atom stereocenters. The predicted octanol–water partition coefficient (Wildman–Crippen LogP) is -0.0216. The summed E-state index contributed by atoms with van der Waals surface area (Å²) in [6, 6.07) is 0. The molecule has 2 amide bonds. The molecule has 2 unspecified atom stereocenters. The molecule has 4 N–H and O–H groups in total. The van der Waals surface area contributed by atoms with Gasteiger partial charge in [-0.05, 0) is 0 Å². The SMILES string of the molecule is CC(=O)SCCNC(=O)CCNC(=O)C(O)C(C)(C)COC(=O)OC(CC(=O)O)C[N+](C)(C)C. The van der Waals surface area contributed by atoms with Crippen molar-refractivity contribution in [3.8, 4) is 0 Å². The van der Waals surface area contributed by atoms with E-state index < -0.39 is 35.7 Å². The Balaban J connectivity index is 4.51. The molecule has 0 aromatic heterocycles. The van der Waals surface area contributed by atoms with E-state index in [9.17, 15) is 29.1 Å². The van der Waals surface area contributed by atoms with Gasteiger partial charge in [-0.2, -0.15) is 0 Å². The highest BCUT2D eigenvalue weighted by molar-refractivity contribution is 8.13. The van der Waals surface area contributed by atoms with E-state index in [-0.39, 0.29) is 43.6 Å². The summed E-state index contributed by atoms with van der Waals surface area (Å²) in [5, 5.41) is 24.4. The van der Waals surface area contributed by atoms with E-state index in [1.54, 1.807) is 0 Å². The van der Waals surface area contributed by atoms with Crippen LogP contribution in [-0.2, 0) is 28.7 Å². The first-order chi connectivity index (χ1) is 15.5. The van der Waals surface area contributed by atoms with Crippen molar-refractivity contribution in [1.29, 1.82) is 0 Å². The quantitative estimate of drug-likeness (QED) is 0.134. The molecule has 0 rings (SSSR count). The zero-order valence-corrected chi connectivity index (χ0v) is 21.5. The molecule has 0 aliphatic rings. The number of aliphatic hydroxyl groups is 1. The summed E-state index contributed by atoms with van der Waals surface area (Å²) in [5.74, 6) is -1.72. The standard InChI is InChI=1S/C21H37N3O9S/c1-14(25)34-10-9-22-16(26)7-8-23-19(30)18(29)21(2,3)13-32-20(31)33-15(11-17(27)28)12-24(4,5)6/h15,18,29H,7-13H2,1-6H3,(H2-,22,23,26,27,28,30)/p+1. The Hall–Kier alpha value is -2.38. The van der Waals surface area contributed by atoms with Gasteiger partial charge < -0.3 is 34.8 Å². The van der Waals surface area contributed by atoms with Gasteiger partial charge in [0.1, 0.15) is 19.3 Å². The first-order valence-corrected chi connectivity index (χ1v) is 11.7. The topological polar surface area (TPSA) is 168 Å². The van der Waals surface area contributed by atoms with Crippen molar-refractivity contribution in [3.05, 3.63) is 0 Å². The van der Waals surface area contributed by atoms with Gasteiger partial charge in [-0.3, -0.25) is 19.2 Å². The number of hydrogen-bond acceptors (Lipinski definition) is 9. The molecule has 0 aromatic carbocycles. The average Bonchev–Trinajstić information content (AvgIpc) is 2.67. The highest BCUT2D eigenvalue weighted by Gasteiger charge is 2.35. The molecule has 0 saturated carbocycles. The van der Waals surface area contributed by atoms with E-state index >= 15 is 0 Å². The molecule has 0 heterocycles. The van der Waals surface area contributed by atoms with Crippen LogP contribution in [0.5, 0.6) is 0 Å². The highest BCUT2D eigenvalue weighted by atomic mass is 32.2. The molecule has 12 nitrogen and oxygen atoms in total. The third-order valence-electron chi connectivity index (χ3n) is 4.35. The van der Waals surface area contributed by atoms with Crippen LogP contribution in [0.25, 0.3) is 0 Å². The van der Waals surface area contributed by atoms with Gasteiger partial charge in [-0.1, -0.05) is 25.6 Å². The number of thioether (sulfide) groups is 1. The van der Waals surface area contributed by atoms with Crippen LogP contribution in [0.3, 0.4) is 0 Å². The number of nitrogens with one attached hydrogen (secondary N) is 2. The largest absolute Gasteiger partial charge is 0.508 e.